The van der Waals surface area contributed by atoms with Gasteiger partial charge in [0, 0.05) is 12.6 Å². The van der Waals surface area contributed by atoms with E-state index in [2.05, 4.69) is 15.2 Å². The van der Waals surface area contributed by atoms with E-state index in [-0.39, 0.29) is 24.9 Å². The molecule has 160 valence electrons. The van der Waals surface area contributed by atoms with Crippen molar-refractivity contribution in [1.82, 2.24) is 24.2 Å². The average Bonchev–Trinajstić information content (AvgIpc) is 3.19. The van der Waals surface area contributed by atoms with Crippen molar-refractivity contribution < 1.29 is 21.6 Å². The van der Waals surface area contributed by atoms with E-state index < -0.39 is 21.8 Å². The van der Waals surface area contributed by atoms with Crippen LogP contribution in [0.15, 0.2) is 30.5 Å². The molecular formula is C18H24F3N5O2S. The van der Waals surface area contributed by atoms with Gasteiger partial charge in [0.05, 0.1) is 36.3 Å². The molecular weight excluding hydrogens is 407 g/mol. The van der Waals surface area contributed by atoms with Gasteiger partial charge in [0.2, 0.25) is 10.0 Å². The van der Waals surface area contributed by atoms with Gasteiger partial charge in [-0.15, -0.1) is 5.10 Å². The van der Waals surface area contributed by atoms with Crippen molar-refractivity contribution >= 4 is 10.0 Å². The monoisotopic (exact) mass is 431 g/mol. The van der Waals surface area contributed by atoms with Crippen LogP contribution in [-0.2, 0) is 29.3 Å². The molecule has 7 nitrogen and oxygen atoms in total. The normalized spacial score (nSPS) is 19.9. The lowest BCUT2D eigenvalue weighted by atomic mass is 10.1. The van der Waals surface area contributed by atoms with Crippen LogP contribution in [0.1, 0.15) is 30.2 Å². The van der Waals surface area contributed by atoms with E-state index in [1.807, 2.05) is 14.0 Å². The van der Waals surface area contributed by atoms with Gasteiger partial charge in [-0.25, -0.2) is 13.1 Å². The molecule has 2 aromatic rings. The summed E-state index contributed by atoms with van der Waals surface area (Å²) in [5.74, 6) is 0.0865. The molecule has 0 amide bonds. The smallest absolute Gasteiger partial charge is 0.301 e. The lowest BCUT2D eigenvalue weighted by molar-refractivity contribution is -0.137. The second-order valence-corrected chi connectivity index (χ2v) is 9.32. The van der Waals surface area contributed by atoms with Crippen LogP contribution >= 0.6 is 0 Å². The number of likely N-dealkylation sites (N-methyl/N-ethyl adjacent to an activating group) is 1. The second-order valence-electron chi connectivity index (χ2n) is 7.31. The molecule has 0 bridgehead atoms. The van der Waals surface area contributed by atoms with Crippen molar-refractivity contribution in [2.45, 2.75) is 38.7 Å². The number of hydrogen-bond donors (Lipinski definition) is 0. The summed E-state index contributed by atoms with van der Waals surface area (Å²) in [6.07, 6.45) is -1.80. The molecule has 11 heteroatoms. The molecule has 1 atom stereocenters. The Balaban J connectivity index is 1.63. The Bertz CT molecular complexity index is 928. The zero-order chi connectivity index (χ0) is 21.2. The lowest BCUT2D eigenvalue weighted by Gasteiger charge is -2.22. The van der Waals surface area contributed by atoms with E-state index >= 15 is 0 Å². The average molecular weight is 431 g/mol. The van der Waals surface area contributed by atoms with Gasteiger partial charge in [-0.05, 0) is 37.7 Å². The first kappa shape index (κ1) is 21.7. The van der Waals surface area contributed by atoms with Crippen LogP contribution in [0, 0.1) is 0 Å². The highest BCUT2D eigenvalue weighted by molar-refractivity contribution is 7.89. The van der Waals surface area contributed by atoms with Crippen LogP contribution in [-0.4, -0.2) is 64.5 Å². The first-order chi connectivity index (χ1) is 13.6. The fourth-order valence-electron chi connectivity index (χ4n) is 3.37. The summed E-state index contributed by atoms with van der Waals surface area (Å²) in [6.45, 7) is 3.67. The molecule has 0 N–H and O–H groups in total. The molecule has 1 saturated heterocycles. The summed E-state index contributed by atoms with van der Waals surface area (Å²) in [6, 6.07) is 4.78. The maximum Gasteiger partial charge on any atom is 0.416 e. The number of hydrogen-bond acceptors (Lipinski definition) is 5. The maximum atomic E-state index is 12.6. The minimum Gasteiger partial charge on any atom is -0.301 e. The van der Waals surface area contributed by atoms with Gasteiger partial charge < -0.3 is 4.90 Å². The third kappa shape index (κ3) is 5.34. The van der Waals surface area contributed by atoms with Crippen LogP contribution in [0.3, 0.4) is 0 Å². The molecule has 1 fully saturated rings. The molecule has 1 aliphatic heterocycles. The summed E-state index contributed by atoms with van der Waals surface area (Å²) in [5.41, 5.74) is 0.436. The molecule has 1 unspecified atom stereocenters. The van der Waals surface area contributed by atoms with E-state index in [0.29, 0.717) is 17.8 Å². The van der Waals surface area contributed by atoms with Crippen LogP contribution in [0.25, 0.3) is 0 Å². The summed E-state index contributed by atoms with van der Waals surface area (Å²) in [7, 11) is -1.43. The van der Waals surface area contributed by atoms with Gasteiger partial charge in [0.15, 0.2) is 0 Å². The molecule has 0 radical (unpaired) electrons. The number of alkyl halides is 3. The first-order valence-corrected chi connectivity index (χ1v) is 10.9. The standard InChI is InChI=1S/C18H24F3N5O2S/c1-3-8-24(2)17-12-26(29(27,28)13-17)11-16-10-25(23-22-16)9-14-4-6-15(7-5-14)18(19,20)21/h4-7,10,17H,3,8-9,11-13H2,1-2H3. The van der Waals surface area contributed by atoms with Gasteiger partial charge in [-0.1, -0.05) is 24.3 Å². The van der Waals surface area contributed by atoms with Crippen molar-refractivity contribution in [2.24, 2.45) is 0 Å². The third-order valence-electron chi connectivity index (χ3n) is 4.96. The number of rotatable bonds is 7. The molecule has 0 spiro atoms. The first-order valence-electron chi connectivity index (χ1n) is 9.31. The maximum absolute atomic E-state index is 12.6. The molecule has 2 heterocycles. The Hall–Kier alpha value is -1.98. The van der Waals surface area contributed by atoms with Gasteiger partial charge in [0.25, 0.3) is 0 Å². The number of benzene rings is 1. The van der Waals surface area contributed by atoms with Gasteiger partial charge in [-0.2, -0.15) is 17.5 Å². The predicted octanol–water partition coefficient (Wildman–Crippen LogP) is 2.20. The van der Waals surface area contributed by atoms with Crippen LogP contribution in [0.5, 0.6) is 0 Å². The van der Waals surface area contributed by atoms with Crippen LogP contribution in [0.2, 0.25) is 0 Å². The fourth-order valence-corrected chi connectivity index (χ4v) is 5.15. The Labute approximate surface area is 168 Å². The van der Waals surface area contributed by atoms with Crippen molar-refractivity contribution in [1.29, 1.82) is 0 Å². The van der Waals surface area contributed by atoms with E-state index in [4.69, 9.17) is 0 Å². The molecule has 29 heavy (non-hydrogen) atoms. The van der Waals surface area contributed by atoms with Crippen molar-refractivity contribution in [3.8, 4) is 0 Å². The number of aromatic nitrogens is 3. The van der Waals surface area contributed by atoms with Crippen LogP contribution in [0.4, 0.5) is 13.2 Å². The molecule has 0 aliphatic carbocycles. The quantitative estimate of drug-likeness (QED) is 0.672. The van der Waals surface area contributed by atoms with E-state index in [1.165, 1.54) is 21.1 Å². The predicted molar refractivity (Wildman–Crippen MR) is 101 cm³/mol. The molecule has 1 aliphatic rings. The Morgan fingerprint density at radius 3 is 2.52 bits per heavy atom. The van der Waals surface area contributed by atoms with Crippen molar-refractivity contribution in [3.63, 3.8) is 0 Å². The Morgan fingerprint density at radius 1 is 1.21 bits per heavy atom. The summed E-state index contributed by atoms with van der Waals surface area (Å²) < 4.78 is 65.7. The van der Waals surface area contributed by atoms with Crippen molar-refractivity contribution in [3.05, 3.63) is 47.3 Å². The van der Waals surface area contributed by atoms with Crippen LogP contribution < -0.4 is 0 Å². The Morgan fingerprint density at radius 2 is 1.90 bits per heavy atom. The van der Waals surface area contributed by atoms with Crippen molar-refractivity contribution in [2.75, 3.05) is 25.9 Å². The summed E-state index contributed by atoms with van der Waals surface area (Å²) in [5, 5.41) is 7.99. The van der Waals surface area contributed by atoms with E-state index in [9.17, 15) is 21.6 Å². The third-order valence-corrected chi connectivity index (χ3v) is 6.83. The SMILES string of the molecule is CCCN(C)C1CN(Cc2cn(Cc3ccc(C(F)(F)F)cc3)nn2)S(=O)(=O)C1. The molecule has 3 rings (SSSR count). The summed E-state index contributed by atoms with van der Waals surface area (Å²) >= 11 is 0. The minimum absolute atomic E-state index is 0.0536. The number of sulfonamides is 1. The fraction of sp³-hybridized carbons (Fsp3) is 0.556. The lowest BCUT2D eigenvalue weighted by Crippen LogP contribution is -2.36. The number of halogens is 3. The summed E-state index contributed by atoms with van der Waals surface area (Å²) in [4.78, 5) is 2.05. The largest absolute Gasteiger partial charge is 0.416 e. The Kier molecular flexibility index (Phi) is 6.30. The number of nitrogens with zero attached hydrogens (tertiary/aromatic N) is 5. The highest BCUT2D eigenvalue weighted by atomic mass is 32.2. The highest BCUT2D eigenvalue weighted by Gasteiger charge is 2.38. The van der Waals surface area contributed by atoms with E-state index in [0.717, 1.165) is 25.1 Å². The minimum atomic E-state index is -4.37. The van der Waals surface area contributed by atoms with Gasteiger partial charge in [-0.3, -0.25) is 0 Å². The topological polar surface area (TPSA) is 71.3 Å². The molecule has 1 aromatic heterocycles. The molecule has 1 aromatic carbocycles. The second kappa shape index (κ2) is 8.41. The molecule has 0 saturated carbocycles. The van der Waals surface area contributed by atoms with Gasteiger partial charge >= 0.3 is 6.18 Å². The zero-order valence-corrected chi connectivity index (χ0v) is 17.1. The zero-order valence-electron chi connectivity index (χ0n) is 16.3. The van der Waals surface area contributed by atoms with E-state index in [1.54, 1.807) is 6.20 Å². The van der Waals surface area contributed by atoms with Gasteiger partial charge in [0.1, 0.15) is 0 Å². The highest BCUT2D eigenvalue weighted by Crippen LogP contribution is 2.29.